The molecule has 106 valence electrons. The van der Waals surface area contributed by atoms with Crippen LogP contribution in [0, 0.1) is 0 Å². The van der Waals surface area contributed by atoms with Crippen molar-refractivity contribution in [2.75, 3.05) is 11.1 Å². The molecule has 0 fully saturated rings. The highest BCUT2D eigenvalue weighted by Crippen LogP contribution is 2.33. The van der Waals surface area contributed by atoms with Crippen LogP contribution in [0.15, 0.2) is 35.8 Å². The number of nitrogens with zero attached hydrogens (tertiary/aromatic N) is 1. The van der Waals surface area contributed by atoms with Crippen LogP contribution >= 0.6 is 22.9 Å². The lowest BCUT2D eigenvalue weighted by molar-refractivity contribution is 0.0698. The number of aromatic carboxylic acids is 1. The first-order valence-electron chi connectivity index (χ1n) is 5.97. The predicted octanol–water partition coefficient (Wildman–Crippen LogP) is 3.97. The van der Waals surface area contributed by atoms with Crippen molar-refractivity contribution in [3.63, 3.8) is 0 Å². The molecule has 0 aliphatic heterocycles. The molecule has 2 aromatic carbocycles. The summed E-state index contributed by atoms with van der Waals surface area (Å²) in [6.07, 6.45) is 0. The highest BCUT2D eigenvalue weighted by Gasteiger charge is 2.15. The molecule has 1 aromatic heterocycles. The van der Waals surface area contributed by atoms with Gasteiger partial charge in [0.2, 0.25) is 0 Å². The third-order valence-corrected chi connectivity index (χ3v) is 4.03. The maximum atomic E-state index is 11.3. The van der Waals surface area contributed by atoms with Gasteiger partial charge in [0.05, 0.1) is 32.0 Å². The minimum absolute atomic E-state index is 0.0319. The molecule has 0 saturated heterocycles. The van der Waals surface area contributed by atoms with Crippen LogP contribution in [-0.2, 0) is 0 Å². The summed E-state index contributed by atoms with van der Waals surface area (Å²) in [6.45, 7) is 0. The molecule has 3 rings (SSSR count). The Morgan fingerprint density at radius 2 is 2.14 bits per heavy atom. The van der Waals surface area contributed by atoms with Crippen LogP contribution in [0.1, 0.15) is 10.4 Å². The Labute approximate surface area is 129 Å². The number of thiazole rings is 1. The van der Waals surface area contributed by atoms with E-state index >= 15 is 0 Å². The number of halogens is 1. The number of nitrogens with one attached hydrogen (secondary N) is 1. The normalized spacial score (nSPS) is 10.7. The summed E-state index contributed by atoms with van der Waals surface area (Å²) in [5, 5.41) is 12.6. The molecule has 0 unspecified atom stereocenters. The van der Waals surface area contributed by atoms with E-state index in [1.54, 1.807) is 5.51 Å². The highest BCUT2D eigenvalue weighted by atomic mass is 35.5. The van der Waals surface area contributed by atoms with Crippen LogP contribution in [0.4, 0.5) is 17.1 Å². The smallest absolute Gasteiger partial charge is 0.337 e. The molecule has 0 amide bonds. The zero-order valence-corrected chi connectivity index (χ0v) is 12.2. The van der Waals surface area contributed by atoms with Crippen LogP contribution in [0.25, 0.3) is 10.2 Å². The lowest BCUT2D eigenvalue weighted by Crippen LogP contribution is -2.04. The number of carbonyl (C=O) groups is 1. The molecular formula is C14H10ClN3O2S. The van der Waals surface area contributed by atoms with Crippen molar-refractivity contribution in [1.82, 2.24) is 4.98 Å². The summed E-state index contributed by atoms with van der Waals surface area (Å²) in [5.74, 6) is -1.09. The van der Waals surface area contributed by atoms with Crippen molar-refractivity contribution in [2.45, 2.75) is 0 Å². The fourth-order valence-corrected chi connectivity index (χ4v) is 2.99. The van der Waals surface area contributed by atoms with Gasteiger partial charge in [0.15, 0.2) is 0 Å². The van der Waals surface area contributed by atoms with E-state index in [0.29, 0.717) is 11.4 Å². The van der Waals surface area contributed by atoms with Crippen LogP contribution in [-0.4, -0.2) is 16.1 Å². The number of benzene rings is 2. The van der Waals surface area contributed by atoms with Crippen molar-refractivity contribution in [2.24, 2.45) is 0 Å². The van der Waals surface area contributed by atoms with Crippen molar-refractivity contribution in [3.8, 4) is 0 Å². The molecule has 0 atom stereocenters. The zero-order chi connectivity index (χ0) is 15.0. The van der Waals surface area contributed by atoms with Gasteiger partial charge in [-0.2, -0.15) is 0 Å². The average molecular weight is 320 g/mol. The van der Waals surface area contributed by atoms with Gasteiger partial charge in [0, 0.05) is 11.4 Å². The third kappa shape index (κ3) is 2.63. The van der Waals surface area contributed by atoms with E-state index in [2.05, 4.69) is 10.3 Å². The van der Waals surface area contributed by atoms with Gasteiger partial charge in [-0.25, -0.2) is 9.78 Å². The molecule has 7 heteroatoms. The Hall–Kier alpha value is -2.31. The minimum Gasteiger partial charge on any atom is -0.478 e. The van der Waals surface area contributed by atoms with Crippen LogP contribution in [0.2, 0.25) is 5.02 Å². The molecule has 0 aliphatic carbocycles. The van der Waals surface area contributed by atoms with Gasteiger partial charge in [-0.15, -0.1) is 11.3 Å². The SMILES string of the molecule is Nc1cc(Cl)c(Nc2ccc3ncsc3c2)c(C(=O)O)c1. The van der Waals surface area contributed by atoms with Crippen LogP contribution < -0.4 is 11.1 Å². The second-order valence-electron chi connectivity index (χ2n) is 4.39. The van der Waals surface area contributed by atoms with Crippen LogP contribution in [0.3, 0.4) is 0 Å². The maximum absolute atomic E-state index is 11.3. The minimum atomic E-state index is -1.09. The van der Waals surface area contributed by atoms with E-state index in [9.17, 15) is 9.90 Å². The standard InChI is InChI=1S/C14H10ClN3O2S/c15-10-4-7(16)3-9(14(19)20)13(10)18-8-1-2-11-12(5-8)21-6-17-11/h1-6,18H,16H2,(H,19,20). The summed E-state index contributed by atoms with van der Waals surface area (Å²) in [6, 6.07) is 8.47. The highest BCUT2D eigenvalue weighted by molar-refractivity contribution is 7.16. The molecule has 0 aliphatic rings. The van der Waals surface area contributed by atoms with Gasteiger partial charge in [-0.3, -0.25) is 0 Å². The Kier molecular flexibility index (Phi) is 3.40. The van der Waals surface area contributed by atoms with Crippen molar-refractivity contribution in [3.05, 3.63) is 46.4 Å². The molecule has 21 heavy (non-hydrogen) atoms. The summed E-state index contributed by atoms with van der Waals surface area (Å²) >= 11 is 7.62. The molecule has 5 nitrogen and oxygen atoms in total. The van der Waals surface area contributed by atoms with E-state index < -0.39 is 5.97 Å². The number of carboxylic acid groups (broad SMARTS) is 1. The number of aromatic nitrogens is 1. The Morgan fingerprint density at radius 3 is 2.90 bits per heavy atom. The van der Waals surface area contributed by atoms with Crippen molar-refractivity contribution >= 4 is 56.2 Å². The van der Waals surface area contributed by atoms with Gasteiger partial charge in [-0.1, -0.05) is 11.6 Å². The number of fused-ring (bicyclic) bond motifs is 1. The molecule has 1 heterocycles. The van der Waals surface area contributed by atoms with E-state index in [1.807, 2.05) is 18.2 Å². The number of rotatable bonds is 3. The molecule has 0 spiro atoms. The van der Waals surface area contributed by atoms with Crippen molar-refractivity contribution in [1.29, 1.82) is 0 Å². The fourth-order valence-electron chi connectivity index (χ4n) is 2.00. The second kappa shape index (κ2) is 5.23. The van der Waals surface area contributed by atoms with Crippen LogP contribution in [0.5, 0.6) is 0 Å². The first-order valence-corrected chi connectivity index (χ1v) is 7.23. The third-order valence-electron chi connectivity index (χ3n) is 2.94. The number of nitrogens with two attached hydrogens (primary N) is 1. The van der Waals surface area contributed by atoms with E-state index in [4.69, 9.17) is 17.3 Å². The quantitative estimate of drug-likeness (QED) is 0.636. The number of carboxylic acids is 1. The Bertz CT molecular complexity index is 847. The summed E-state index contributed by atoms with van der Waals surface area (Å²) in [5.41, 5.74) is 9.69. The molecule has 0 radical (unpaired) electrons. The van der Waals surface area contributed by atoms with Gasteiger partial charge in [0.1, 0.15) is 0 Å². The van der Waals surface area contributed by atoms with E-state index in [0.717, 1.165) is 15.9 Å². The monoisotopic (exact) mass is 319 g/mol. The van der Waals surface area contributed by atoms with Crippen molar-refractivity contribution < 1.29 is 9.90 Å². The number of anilines is 3. The number of nitrogen functional groups attached to an aromatic ring is 1. The number of hydrogen-bond acceptors (Lipinski definition) is 5. The average Bonchev–Trinajstić information content (AvgIpc) is 2.88. The number of hydrogen-bond donors (Lipinski definition) is 3. The topological polar surface area (TPSA) is 88.2 Å². The molecule has 0 saturated carbocycles. The summed E-state index contributed by atoms with van der Waals surface area (Å²) in [7, 11) is 0. The molecule has 4 N–H and O–H groups in total. The first kappa shape index (κ1) is 13.7. The summed E-state index contributed by atoms with van der Waals surface area (Å²) < 4.78 is 1.00. The fraction of sp³-hybridized carbons (Fsp3) is 0. The maximum Gasteiger partial charge on any atom is 0.337 e. The Morgan fingerprint density at radius 1 is 1.33 bits per heavy atom. The molecular weight excluding hydrogens is 310 g/mol. The van der Waals surface area contributed by atoms with E-state index in [1.165, 1.54) is 23.5 Å². The largest absolute Gasteiger partial charge is 0.478 e. The summed E-state index contributed by atoms with van der Waals surface area (Å²) in [4.78, 5) is 15.5. The predicted molar refractivity (Wildman–Crippen MR) is 85.7 cm³/mol. The first-order chi connectivity index (χ1) is 10.0. The van der Waals surface area contributed by atoms with E-state index in [-0.39, 0.29) is 10.6 Å². The van der Waals surface area contributed by atoms with Gasteiger partial charge in [-0.05, 0) is 30.3 Å². The lowest BCUT2D eigenvalue weighted by atomic mass is 10.1. The zero-order valence-electron chi connectivity index (χ0n) is 10.6. The van der Waals surface area contributed by atoms with Gasteiger partial charge < -0.3 is 16.2 Å². The van der Waals surface area contributed by atoms with Gasteiger partial charge >= 0.3 is 5.97 Å². The Balaban J connectivity index is 2.06. The second-order valence-corrected chi connectivity index (χ2v) is 5.68. The molecule has 0 bridgehead atoms. The molecule has 3 aromatic rings. The van der Waals surface area contributed by atoms with Gasteiger partial charge in [0.25, 0.3) is 0 Å². The lowest BCUT2D eigenvalue weighted by Gasteiger charge is -2.12.